The van der Waals surface area contributed by atoms with Crippen LogP contribution >= 0.6 is 0 Å². The molecule has 174 valence electrons. The number of rotatable bonds is 8. The van der Waals surface area contributed by atoms with Crippen LogP contribution in [-0.2, 0) is 11.3 Å². The molecule has 0 bridgehead atoms. The summed E-state index contributed by atoms with van der Waals surface area (Å²) in [6.07, 6.45) is 3.60. The van der Waals surface area contributed by atoms with Crippen molar-refractivity contribution in [3.8, 4) is 11.5 Å². The first-order valence-electron chi connectivity index (χ1n) is 12.1. The summed E-state index contributed by atoms with van der Waals surface area (Å²) in [5.74, 6) is 3.77. The summed E-state index contributed by atoms with van der Waals surface area (Å²) in [4.78, 5) is 4.83. The fraction of sp³-hybridized carbons (Fsp3) is 0.760. The van der Waals surface area contributed by atoms with Crippen molar-refractivity contribution in [2.24, 2.45) is 17.8 Å². The minimum absolute atomic E-state index is 0.300. The molecule has 2 heterocycles. The normalized spacial score (nSPS) is 28.2. The Hall–Kier alpha value is -1.34. The van der Waals surface area contributed by atoms with Crippen molar-refractivity contribution in [1.82, 2.24) is 9.80 Å². The van der Waals surface area contributed by atoms with Crippen LogP contribution in [0.15, 0.2) is 18.2 Å². The van der Waals surface area contributed by atoms with Gasteiger partial charge in [-0.15, -0.1) is 0 Å². The summed E-state index contributed by atoms with van der Waals surface area (Å²) in [5.41, 5.74) is 1.26. The van der Waals surface area contributed by atoms with E-state index < -0.39 is 6.10 Å². The van der Waals surface area contributed by atoms with Crippen LogP contribution in [0.4, 0.5) is 0 Å². The van der Waals surface area contributed by atoms with Gasteiger partial charge in [-0.2, -0.15) is 0 Å². The lowest BCUT2D eigenvalue weighted by Gasteiger charge is -2.37. The van der Waals surface area contributed by atoms with Gasteiger partial charge in [0.1, 0.15) is 0 Å². The quantitative estimate of drug-likeness (QED) is 0.680. The van der Waals surface area contributed by atoms with E-state index in [2.05, 4.69) is 42.7 Å². The van der Waals surface area contributed by atoms with Gasteiger partial charge in [0.05, 0.1) is 18.8 Å². The Labute approximate surface area is 187 Å². The van der Waals surface area contributed by atoms with Gasteiger partial charge in [0.15, 0.2) is 11.5 Å². The van der Waals surface area contributed by atoms with E-state index in [9.17, 15) is 5.11 Å². The van der Waals surface area contributed by atoms with E-state index in [0.717, 1.165) is 62.5 Å². The van der Waals surface area contributed by atoms with Crippen LogP contribution in [0.3, 0.4) is 0 Å². The van der Waals surface area contributed by atoms with E-state index in [0.29, 0.717) is 32.0 Å². The second-order valence-corrected chi connectivity index (χ2v) is 10.1. The molecule has 2 fully saturated rings. The monoisotopic (exact) mass is 432 g/mol. The van der Waals surface area contributed by atoms with Gasteiger partial charge in [-0.3, -0.25) is 9.80 Å². The second-order valence-electron chi connectivity index (χ2n) is 10.1. The zero-order chi connectivity index (χ0) is 21.8. The molecular formula is C25H40N2O4. The lowest BCUT2D eigenvalue weighted by molar-refractivity contribution is -0.0678. The number of nitrogens with zero attached hydrogens (tertiary/aromatic N) is 2. The molecule has 1 saturated heterocycles. The molecule has 4 atom stereocenters. The Bertz CT molecular complexity index is 705. The van der Waals surface area contributed by atoms with Gasteiger partial charge in [0.25, 0.3) is 0 Å². The maximum absolute atomic E-state index is 10.6. The molecule has 0 unspecified atom stereocenters. The van der Waals surface area contributed by atoms with Crippen LogP contribution in [0.25, 0.3) is 0 Å². The number of benzene rings is 1. The van der Waals surface area contributed by atoms with E-state index >= 15 is 0 Å². The van der Waals surface area contributed by atoms with Gasteiger partial charge >= 0.3 is 0 Å². The lowest BCUT2D eigenvalue weighted by Crippen LogP contribution is -2.49. The van der Waals surface area contributed by atoms with Crippen molar-refractivity contribution in [3.63, 3.8) is 0 Å². The molecule has 2 aliphatic heterocycles. The molecule has 0 radical (unpaired) electrons. The predicted octanol–water partition coefficient (Wildman–Crippen LogP) is 3.37. The molecule has 1 aliphatic carbocycles. The first kappa shape index (κ1) is 22.8. The highest BCUT2D eigenvalue weighted by Crippen LogP contribution is 2.35. The molecule has 1 saturated carbocycles. The van der Waals surface area contributed by atoms with Crippen LogP contribution in [0, 0.1) is 17.8 Å². The lowest BCUT2D eigenvalue weighted by atomic mass is 9.76. The first-order valence-corrected chi connectivity index (χ1v) is 12.1. The molecule has 0 aromatic heterocycles. The van der Waals surface area contributed by atoms with E-state index in [-0.39, 0.29) is 0 Å². The van der Waals surface area contributed by atoms with E-state index in [4.69, 9.17) is 14.2 Å². The highest BCUT2D eigenvalue weighted by atomic mass is 16.7. The van der Waals surface area contributed by atoms with Crippen molar-refractivity contribution >= 4 is 0 Å². The van der Waals surface area contributed by atoms with Crippen LogP contribution in [0.1, 0.15) is 45.6 Å². The highest BCUT2D eigenvalue weighted by Gasteiger charge is 2.30. The molecule has 4 rings (SSSR count). The Morgan fingerprint density at radius 3 is 2.58 bits per heavy atom. The average molecular weight is 433 g/mol. The summed E-state index contributed by atoms with van der Waals surface area (Å²) in [6, 6.07) is 6.21. The smallest absolute Gasteiger partial charge is 0.231 e. The van der Waals surface area contributed by atoms with Gasteiger partial charge in [-0.25, -0.2) is 0 Å². The van der Waals surface area contributed by atoms with Crippen LogP contribution in [0.2, 0.25) is 0 Å². The van der Waals surface area contributed by atoms with E-state index in [1.54, 1.807) is 0 Å². The van der Waals surface area contributed by atoms with Gasteiger partial charge < -0.3 is 19.3 Å². The zero-order valence-corrected chi connectivity index (χ0v) is 19.5. The van der Waals surface area contributed by atoms with Gasteiger partial charge in [-0.1, -0.05) is 26.8 Å². The number of hydrogen-bond donors (Lipinski definition) is 1. The van der Waals surface area contributed by atoms with E-state index in [1.807, 2.05) is 6.07 Å². The Morgan fingerprint density at radius 2 is 1.81 bits per heavy atom. The predicted molar refractivity (Wildman–Crippen MR) is 121 cm³/mol. The standard InChI is InChI=1S/C25H40N2O4/c1-18(2)21-6-4-19(3)24(13-21)29-16-22(28)15-27-10-8-26(9-11-27)14-20-5-7-23-25(12-20)31-17-30-23/h5,7,12,18-19,21-22,24,28H,4,6,8-11,13-17H2,1-3H3/t19-,21+,22+,24+/m0/s1. The molecule has 6 nitrogen and oxygen atoms in total. The Morgan fingerprint density at radius 1 is 1.06 bits per heavy atom. The molecule has 1 N–H and O–H groups in total. The van der Waals surface area contributed by atoms with Crippen LogP contribution < -0.4 is 9.47 Å². The van der Waals surface area contributed by atoms with Crippen LogP contribution in [-0.4, -0.2) is 73.2 Å². The molecule has 0 spiro atoms. The number of ether oxygens (including phenoxy) is 3. The molecule has 1 aromatic carbocycles. The fourth-order valence-corrected chi connectivity index (χ4v) is 5.16. The Balaban J connectivity index is 1.16. The molecule has 0 amide bonds. The zero-order valence-electron chi connectivity index (χ0n) is 19.5. The van der Waals surface area contributed by atoms with Gasteiger partial charge in [0, 0.05) is 39.3 Å². The summed E-state index contributed by atoms with van der Waals surface area (Å²) in [6.45, 7) is 13.3. The van der Waals surface area contributed by atoms with E-state index in [1.165, 1.54) is 18.4 Å². The van der Waals surface area contributed by atoms with Crippen molar-refractivity contribution in [2.75, 3.05) is 46.1 Å². The van der Waals surface area contributed by atoms with Crippen molar-refractivity contribution in [3.05, 3.63) is 23.8 Å². The molecule has 1 aromatic rings. The van der Waals surface area contributed by atoms with Gasteiger partial charge in [0.2, 0.25) is 6.79 Å². The third kappa shape index (κ3) is 6.13. The largest absolute Gasteiger partial charge is 0.454 e. The summed E-state index contributed by atoms with van der Waals surface area (Å²) in [7, 11) is 0. The maximum atomic E-state index is 10.6. The number of aliphatic hydroxyl groups is 1. The number of fused-ring (bicyclic) bond motifs is 1. The van der Waals surface area contributed by atoms with Gasteiger partial charge in [-0.05, 0) is 54.7 Å². The second kappa shape index (κ2) is 10.5. The molecular weight excluding hydrogens is 392 g/mol. The average Bonchev–Trinajstić information content (AvgIpc) is 3.22. The van der Waals surface area contributed by atoms with Crippen molar-refractivity contribution < 1.29 is 19.3 Å². The first-order chi connectivity index (χ1) is 15.0. The van der Waals surface area contributed by atoms with Crippen molar-refractivity contribution in [2.45, 2.75) is 58.8 Å². The highest BCUT2D eigenvalue weighted by molar-refractivity contribution is 5.44. The molecule has 31 heavy (non-hydrogen) atoms. The fourth-order valence-electron chi connectivity index (χ4n) is 5.16. The third-order valence-corrected chi connectivity index (χ3v) is 7.39. The van der Waals surface area contributed by atoms with Crippen molar-refractivity contribution in [1.29, 1.82) is 0 Å². The summed E-state index contributed by atoms with van der Waals surface area (Å²) < 4.78 is 17.1. The summed E-state index contributed by atoms with van der Waals surface area (Å²) in [5, 5.41) is 10.6. The SMILES string of the molecule is CC(C)[C@@H]1CC[C@H](C)[C@H](OC[C@H](O)CN2CCN(Cc3ccc4c(c3)OCO4)CC2)C1. The number of piperazine rings is 1. The third-order valence-electron chi connectivity index (χ3n) is 7.39. The minimum atomic E-state index is -0.410. The van der Waals surface area contributed by atoms with Crippen LogP contribution in [0.5, 0.6) is 11.5 Å². The maximum Gasteiger partial charge on any atom is 0.231 e. The molecule has 6 heteroatoms. The number of β-amino-alcohol motifs (C(OH)–C–C–N with tert-alkyl or cyclic N) is 1. The number of aliphatic hydroxyl groups excluding tert-OH is 1. The Kier molecular flexibility index (Phi) is 7.75. The minimum Gasteiger partial charge on any atom is -0.454 e. The molecule has 3 aliphatic rings. The topological polar surface area (TPSA) is 54.4 Å². The summed E-state index contributed by atoms with van der Waals surface area (Å²) >= 11 is 0. The number of hydrogen-bond acceptors (Lipinski definition) is 6.